The zero-order chi connectivity index (χ0) is 15.2. The largest absolute Gasteiger partial charge is 0.457 e. The summed E-state index contributed by atoms with van der Waals surface area (Å²) >= 11 is 3.37. The maximum atomic E-state index is 10.6. The lowest BCUT2D eigenvalue weighted by molar-refractivity contribution is 0.249. The van der Waals surface area contributed by atoms with Crippen LogP contribution in [-0.4, -0.2) is 11.7 Å². The van der Waals surface area contributed by atoms with Gasteiger partial charge in [0.25, 0.3) is 0 Å². The second-order valence-electron chi connectivity index (χ2n) is 4.25. The molecule has 0 fully saturated rings. The quantitative estimate of drug-likeness (QED) is 0.654. The van der Waals surface area contributed by atoms with Crippen LogP contribution in [0.1, 0.15) is 12.5 Å². The van der Waals surface area contributed by atoms with Gasteiger partial charge < -0.3 is 10.5 Å². The third kappa shape index (κ3) is 4.61. The van der Waals surface area contributed by atoms with Gasteiger partial charge in [0.05, 0.1) is 5.71 Å². The van der Waals surface area contributed by atoms with Crippen molar-refractivity contribution in [3.8, 4) is 11.5 Å². The molecule has 0 atom stereocenters. The third-order valence-electron chi connectivity index (χ3n) is 2.66. The van der Waals surface area contributed by atoms with Crippen molar-refractivity contribution < 1.29 is 9.53 Å². The SMILES string of the molecule is C/C(=N/NC(N)=O)c1ccc(Oc2ccc(Br)cc2)cc1. The van der Waals surface area contributed by atoms with Crippen LogP contribution in [0.4, 0.5) is 4.79 Å². The molecule has 0 unspecified atom stereocenters. The molecule has 2 rings (SSSR count). The number of nitrogens with two attached hydrogens (primary N) is 1. The highest BCUT2D eigenvalue weighted by atomic mass is 79.9. The molecule has 108 valence electrons. The highest BCUT2D eigenvalue weighted by Crippen LogP contribution is 2.23. The first-order chi connectivity index (χ1) is 10.0. The highest BCUT2D eigenvalue weighted by Gasteiger charge is 2.01. The Morgan fingerprint density at radius 1 is 1.10 bits per heavy atom. The van der Waals surface area contributed by atoms with E-state index < -0.39 is 6.03 Å². The topological polar surface area (TPSA) is 76.7 Å². The lowest BCUT2D eigenvalue weighted by Gasteiger charge is -2.07. The average Bonchev–Trinajstić information content (AvgIpc) is 2.48. The van der Waals surface area contributed by atoms with Gasteiger partial charge in [-0.3, -0.25) is 0 Å². The number of hydrogen-bond donors (Lipinski definition) is 2. The van der Waals surface area contributed by atoms with Crippen LogP contribution in [0.2, 0.25) is 0 Å². The zero-order valence-corrected chi connectivity index (χ0v) is 12.9. The van der Waals surface area contributed by atoms with E-state index in [1.54, 1.807) is 6.92 Å². The molecule has 3 N–H and O–H groups in total. The molecule has 0 aliphatic rings. The van der Waals surface area contributed by atoms with Crippen LogP contribution >= 0.6 is 15.9 Å². The van der Waals surface area contributed by atoms with Crippen molar-refractivity contribution in [1.82, 2.24) is 5.43 Å². The number of nitrogens with one attached hydrogen (secondary N) is 1. The fourth-order valence-electron chi connectivity index (χ4n) is 1.61. The lowest BCUT2D eigenvalue weighted by Crippen LogP contribution is -2.25. The Bertz CT molecular complexity index is 652. The van der Waals surface area contributed by atoms with E-state index in [-0.39, 0.29) is 0 Å². The molecule has 0 aliphatic heterocycles. The normalized spacial score (nSPS) is 11.0. The maximum Gasteiger partial charge on any atom is 0.332 e. The molecule has 0 saturated heterocycles. The van der Waals surface area contributed by atoms with E-state index in [2.05, 4.69) is 26.5 Å². The Balaban J connectivity index is 2.06. The number of rotatable bonds is 4. The molecule has 2 amide bonds. The van der Waals surface area contributed by atoms with Gasteiger partial charge in [0.15, 0.2) is 0 Å². The van der Waals surface area contributed by atoms with Crippen LogP contribution in [0.5, 0.6) is 11.5 Å². The van der Waals surface area contributed by atoms with Crippen LogP contribution in [0.15, 0.2) is 58.1 Å². The average molecular weight is 348 g/mol. The van der Waals surface area contributed by atoms with Crippen molar-refractivity contribution in [3.63, 3.8) is 0 Å². The number of urea groups is 1. The van der Waals surface area contributed by atoms with Gasteiger partial charge in [-0.05, 0) is 61.0 Å². The molecule has 0 heterocycles. The lowest BCUT2D eigenvalue weighted by atomic mass is 10.1. The molecule has 0 bridgehead atoms. The second-order valence-corrected chi connectivity index (χ2v) is 5.17. The number of halogens is 1. The Hall–Kier alpha value is -2.34. The number of carbonyl (C=O) groups excluding carboxylic acids is 1. The molecule has 21 heavy (non-hydrogen) atoms. The summed E-state index contributed by atoms with van der Waals surface area (Å²) in [5, 5.41) is 3.86. The Kier molecular flexibility index (Phi) is 4.94. The number of nitrogens with zero attached hydrogens (tertiary/aromatic N) is 1. The first-order valence-electron chi connectivity index (χ1n) is 6.18. The summed E-state index contributed by atoms with van der Waals surface area (Å²) < 4.78 is 6.71. The van der Waals surface area contributed by atoms with E-state index >= 15 is 0 Å². The van der Waals surface area contributed by atoms with Crippen LogP contribution in [0.25, 0.3) is 0 Å². The number of benzene rings is 2. The molecule has 5 nitrogen and oxygen atoms in total. The van der Waals surface area contributed by atoms with Gasteiger partial charge in [-0.25, -0.2) is 10.2 Å². The maximum absolute atomic E-state index is 10.6. The first-order valence-corrected chi connectivity index (χ1v) is 6.97. The standard InChI is InChI=1S/C15H14BrN3O2/c1-10(18-19-15(17)20)11-2-6-13(7-3-11)21-14-8-4-12(16)5-9-14/h2-9H,1H3,(H3,17,19,20)/b18-10-. The van der Waals surface area contributed by atoms with Crippen LogP contribution < -0.4 is 15.9 Å². The van der Waals surface area contributed by atoms with Gasteiger partial charge in [-0.1, -0.05) is 15.9 Å². The fraction of sp³-hybridized carbons (Fsp3) is 0.0667. The molecule has 2 aromatic carbocycles. The minimum atomic E-state index is -0.690. The second kappa shape index (κ2) is 6.90. The monoisotopic (exact) mass is 347 g/mol. The van der Waals surface area contributed by atoms with E-state index in [9.17, 15) is 4.79 Å². The molecule has 0 spiro atoms. The van der Waals surface area contributed by atoms with Crippen LogP contribution in [-0.2, 0) is 0 Å². The van der Waals surface area contributed by atoms with Gasteiger partial charge in [-0.15, -0.1) is 0 Å². The van der Waals surface area contributed by atoms with Gasteiger partial charge in [0, 0.05) is 4.47 Å². The number of primary amides is 1. The first kappa shape index (κ1) is 15.1. The van der Waals surface area contributed by atoms with E-state index in [0.717, 1.165) is 21.5 Å². The summed E-state index contributed by atoms with van der Waals surface area (Å²) in [7, 11) is 0. The molecule has 0 aliphatic carbocycles. The van der Waals surface area contributed by atoms with E-state index in [4.69, 9.17) is 10.5 Å². The minimum Gasteiger partial charge on any atom is -0.457 e. The number of amides is 2. The minimum absolute atomic E-state index is 0.656. The molecule has 0 saturated carbocycles. The van der Waals surface area contributed by atoms with Gasteiger partial charge in [0.2, 0.25) is 0 Å². The van der Waals surface area contributed by atoms with E-state index in [0.29, 0.717) is 5.71 Å². The summed E-state index contributed by atoms with van der Waals surface area (Å²) in [6.45, 7) is 1.78. The van der Waals surface area contributed by atoms with Crippen molar-refractivity contribution in [2.24, 2.45) is 10.8 Å². The number of carbonyl (C=O) groups is 1. The van der Waals surface area contributed by atoms with Gasteiger partial charge >= 0.3 is 6.03 Å². The van der Waals surface area contributed by atoms with Crippen molar-refractivity contribution in [2.45, 2.75) is 6.92 Å². The van der Waals surface area contributed by atoms with Gasteiger partial charge in [-0.2, -0.15) is 5.10 Å². The summed E-state index contributed by atoms with van der Waals surface area (Å²) in [5.74, 6) is 1.48. The Morgan fingerprint density at radius 2 is 1.62 bits per heavy atom. The summed E-state index contributed by atoms with van der Waals surface area (Å²) in [6.07, 6.45) is 0. The van der Waals surface area contributed by atoms with Crippen molar-refractivity contribution in [2.75, 3.05) is 0 Å². The molecule has 6 heteroatoms. The molecular weight excluding hydrogens is 334 g/mol. The van der Waals surface area contributed by atoms with E-state index in [1.165, 1.54) is 0 Å². The molecule has 2 aromatic rings. The van der Waals surface area contributed by atoms with Crippen LogP contribution in [0.3, 0.4) is 0 Å². The number of hydrazone groups is 1. The predicted molar refractivity (Wildman–Crippen MR) is 85.6 cm³/mol. The molecule has 0 aromatic heterocycles. The molecular formula is C15H14BrN3O2. The molecule has 0 radical (unpaired) electrons. The van der Waals surface area contributed by atoms with E-state index in [1.807, 2.05) is 48.5 Å². The zero-order valence-electron chi connectivity index (χ0n) is 11.3. The predicted octanol–water partition coefficient (Wildman–Crippen LogP) is 3.63. The summed E-state index contributed by atoms with van der Waals surface area (Å²) in [6, 6.07) is 14.3. The van der Waals surface area contributed by atoms with Crippen molar-refractivity contribution in [3.05, 3.63) is 58.6 Å². The van der Waals surface area contributed by atoms with Gasteiger partial charge in [0.1, 0.15) is 11.5 Å². The summed E-state index contributed by atoms with van der Waals surface area (Å²) in [5.41, 5.74) is 8.68. The third-order valence-corrected chi connectivity index (χ3v) is 3.18. The highest BCUT2D eigenvalue weighted by molar-refractivity contribution is 9.10. The van der Waals surface area contributed by atoms with Crippen molar-refractivity contribution in [1.29, 1.82) is 0 Å². The Morgan fingerprint density at radius 3 is 2.14 bits per heavy atom. The summed E-state index contributed by atoms with van der Waals surface area (Å²) in [4.78, 5) is 10.6. The smallest absolute Gasteiger partial charge is 0.332 e. The number of hydrogen-bond acceptors (Lipinski definition) is 3. The van der Waals surface area contributed by atoms with Crippen LogP contribution in [0, 0.1) is 0 Å². The Labute approximate surface area is 130 Å². The van der Waals surface area contributed by atoms with Crippen molar-refractivity contribution >= 4 is 27.7 Å². The fourth-order valence-corrected chi connectivity index (χ4v) is 1.87. The number of ether oxygens (including phenoxy) is 1.